The van der Waals surface area contributed by atoms with Gasteiger partial charge in [-0.05, 0) is 31.0 Å². The number of benzene rings is 1. The first-order valence-electron chi connectivity index (χ1n) is 4.57. The van der Waals surface area contributed by atoms with Crippen molar-refractivity contribution in [2.75, 3.05) is 6.54 Å². The largest absolute Gasteiger partial charge is 0.310 e. The van der Waals surface area contributed by atoms with Crippen LogP contribution in [0, 0.1) is 0 Å². The molecule has 1 aliphatic rings. The molecular formula is C10H10Cl3N. The first-order chi connectivity index (χ1) is 6.70. The van der Waals surface area contributed by atoms with E-state index in [2.05, 4.69) is 5.32 Å². The molecule has 4 heteroatoms. The maximum absolute atomic E-state index is 6.12. The van der Waals surface area contributed by atoms with E-state index in [1.54, 1.807) is 6.07 Å². The third kappa shape index (κ3) is 1.87. The van der Waals surface area contributed by atoms with Crippen molar-refractivity contribution in [3.63, 3.8) is 0 Å². The van der Waals surface area contributed by atoms with Gasteiger partial charge in [0.25, 0.3) is 0 Å². The Labute approximate surface area is 98.3 Å². The van der Waals surface area contributed by atoms with Crippen molar-refractivity contribution in [1.29, 1.82) is 0 Å². The Balaban J connectivity index is 2.38. The van der Waals surface area contributed by atoms with Crippen LogP contribution >= 0.6 is 34.8 Å². The minimum absolute atomic E-state index is 0.331. The zero-order valence-electron chi connectivity index (χ0n) is 7.49. The van der Waals surface area contributed by atoms with E-state index in [1.165, 1.54) is 6.42 Å². The minimum Gasteiger partial charge on any atom is -0.310 e. The van der Waals surface area contributed by atoms with Crippen molar-refractivity contribution in [3.05, 3.63) is 32.8 Å². The average molecular weight is 251 g/mol. The molecule has 1 aromatic carbocycles. The number of halogens is 3. The maximum atomic E-state index is 6.12. The van der Waals surface area contributed by atoms with Crippen LogP contribution in [0.25, 0.3) is 0 Å². The standard InChI is InChI=1S/C10H10Cl3N/c11-7-4-3-6(9(12)10(7)13)8-2-1-5-14-8/h3-4,8,14H,1-2,5H2/t8-/m1/s1. The fraction of sp³-hybridized carbons (Fsp3) is 0.400. The zero-order valence-corrected chi connectivity index (χ0v) is 9.76. The fourth-order valence-electron chi connectivity index (χ4n) is 1.76. The Morgan fingerprint density at radius 2 is 1.93 bits per heavy atom. The predicted octanol–water partition coefficient (Wildman–Crippen LogP) is 4.07. The van der Waals surface area contributed by atoms with E-state index in [9.17, 15) is 0 Å². The molecule has 0 saturated carbocycles. The van der Waals surface area contributed by atoms with E-state index in [4.69, 9.17) is 34.8 Å². The molecule has 0 aliphatic carbocycles. The van der Waals surface area contributed by atoms with Crippen LogP contribution in [0.1, 0.15) is 24.4 Å². The van der Waals surface area contributed by atoms with Crippen LogP contribution in [0.4, 0.5) is 0 Å². The molecule has 1 saturated heterocycles. The quantitative estimate of drug-likeness (QED) is 0.741. The summed E-state index contributed by atoms with van der Waals surface area (Å²) in [4.78, 5) is 0. The molecule has 0 unspecified atom stereocenters. The van der Waals surface area contributed by atoms with E-state index in [-0.39, 0.29) is 0 Å². The van der Waals surface area contributed by atoms with Gasteiger partial charge in [-0.15, -0.1) is 0 Å². The maximum Gasteiger partial charge on any atom is 0.0781 e. The SMILES string of the molecule is Clc1ccc([C@H]2CCCN2)c(Cl)c1Cl. The van der Waals surface area contributed by atoms with E-state index >= 15 is 0 Å². The van der Waals surface area contributed by atoms with Gasteiger partial charge in [-0.2, -0.15) is 0 Å². The Kier molecular flexibility index (Phi) is 3.23. The van der Waals surface area contributed by atoms with Gasteiger partial charge in [0.15, 0.2) is 0 Å². The minimum atomic E-state index is 0.331. The third-order valence-corrected chi connectivity index (χ3v) is 3.81. The highest BCUT2D eigenvalue weighted by Crippen LogP contribution is 2.37. The lowest BCUT2D eigenvalue weighted by Gasteiger charge is -2.13. The Morgan fingerprint density at radius 1 is 1.14 bits per heavy atom. The summed E-state index contributed by atoms with van der Waals surface area (Å²) in [6.07, 6.45) is 2.29. The van der Waals surface area contributed by atoms with Crippen LogP contribution in [0.5, 0.6) is 0 Å². The van der Waals surface area contributed by atoms with Crippen LogP contribution in [0.15, 0.2) is 12.1 Å². The first-order valence-corrected chi connectivity index (χ1v) is 5.70. The van der Waals surface area contributed by atoms with Crippen molar-refractivity contribution in [2.45, 2.75) is 18.9 Å². The number of hydrogen-bond donors (Lipinski definition) is 1. The summed E-state index contributed by atoms with van der Waals surface area (Å²) in [6.45, 7) is 1.04. The normalized spacial score (nSPS) is 21.5. The molecule has 2 rings (SSSR count). The molecule has 14 heavy (non-hydrogen) atoms. The van der Waals surface area contributed by atoms with Crippen molar-refractivity contribution in [1.82, 2.24) is 5.32 Å². The third-order valence-electron chi connectivity index (χ3n) is 2.50. The molecule has 1 aliphatic heterocycles. The lowest BCUT2D eigenvalue weighted by atomic mass is 10.1. The molecule has 0 spiro atoms. The highest BCUT2D eigenvalue weighted by molar-refractivity contribution is 6.48. The zero-order chi connectivity index (χ0) is 10.1. The summed E-state index contributed by atoms with van der Waals surface area (Å²) in [5.74, 6) is 0. The molecule has 1 nitrogen and oxygen atoms in total. The van der Waals surface area contributed by atoms with Gasteiger partial charge in [0.1, 0.15) is 0 Å². The van der Waals surface area contributed by atoms with Crippen LogP contribution in [-0.4, -0.2) is 6.54 Å². The van der Waals surface area contributed by atoms with Gasteiger partial charge >= 0.3 is 0 Å². The van der Waals surface area contributed by atoms with Crippen LogP contribution in [0.2, 0.25) is 15.1 Å². The smallest absolute Gasteiger partial charge is 0.0781 e. The van der Waals surface area contributed by atoms with Gasteiger partial charge in [-0.3, -0.25) is 0 Å². The van der Waals surface area contributed by atoms with Gasteiger partial charge in [-0.1, -0.05) is 40.9 Å². The lowest BCUT2D eigenvalue weighted by Crippen LogP contribution is -2.13. The average Bonchev–Trinajstić information content (AvgIpc) is 2.67. The number of hydrogen-bond acceptors (Lipinski definition) is 1. The predicted molar refractivity (Wildman–Crippen MR) is 61.4 cm³/mol. The van der Waals surface area contributed by atoms with Gasteiger partial charge in [0.2, 0.25) is 0 Å². The first kappa shape index (κ1) is 10.6. The Hall–Kier alpha value is 0.0500. The van der Waals surface area contributed by atoms with Gasteiger partial charge in [0, 0.05) is 6.04 Å². The highest BCUT2D eigenvalue weighted by atomic mass is 35.5. The lowest BCUT2D eigenvalue weighted by molar-refractivity contribution is 0.648. The Morgan fingerprint density at radius 3 is 2.57 bits per heavy atom. The van der Waals surface area contributed by atoms with Crippen molar-refractivity contribution in [2.24, 2.45) is 0 Å². The molecule has 0 bridgehead atoms. The van der Waals surface area contributed by atoms with Gasteiger partial charge < -0.3 is 5.32 Å². The highest BCUT2D eigenvalue weighted by Gasteiger charge is 2.20. The molecule has 0 aromatic heterocycles. The van der Waals surface area contributed by atoms with Crippen LogP contribution in [-0.2, 0) is 0 Å². The molecule has 76 valence electrons. The van der Waals surface area contributed by atoms with E-state index in [0.717, 1.165) is 18.5 Å². The molecule has 1 N–H and O–H groups in total. The summed E-state index contributed by atoms with van der Waals surface area (Å²) < 4.78 is 0. The summed E-state index contributed by atoms with van der Waals surface area (Å²) in [6, 6.07) is 4.07. The van der Waals surface area contributed by atoms with E-state index in [0.29, 0.717) is 21.1 Å². The molecule has 0 amide bonds. The molecule has 0 radical (unpaired) electrons. The molecule has 1 atom stereocenters. The summed E-state index contributed by atoms with van der Waals surface area (Å²) in [5.41, 5.74) is 1.05. The van der Waals surface area contributed by atoms with Crippen molar-refractivity contribution >= 4 is 34.8 Å². The summed E-state index contributed by atoms with van der Waals surface area (Å²) in [7, 11) is 0. The summed E-state index contributed by atoms with van der Waals surface area (Å²) in [5, 5.41) is 4.93. The second-order valence-corrected chi connectivity index (χ2v) is 4.58. The second kappa shape index (κ2) is 4.28. The molecular weight excluding hydrogens is 240 g/mol. The van der Waals surface area contributed by atoms with E-state index in [1.807, 2.05) is 6.07 Å². The van der Waals surface area contributed by atoms with Crippen molar-refractivity contribution in [3.8, 4) is 0 Å². The Bertz CT molecular complexity index is 345. The fourth-order valence-corrected chi connectivity index (χ4v) is 2.43. The second-order valence-electron chi connectivity index (χ2n) is 3.41. The van der Waals surface area contributed by atoms with E-state index < -0.39 is 0 Å². The topological polar surface area (TPSA) is 12.0 Å². The van der Waals surface area contributed by atoms with Crippen molar-refractivity contribution < 1.29 is 0 Å². The number of nitrogens with one attached hydrogen (secondary N) is 1. The molecule has 1 aromatic rings. The molecule has 1 heterocycles. The van der Waals surface area contributed by atoms with Crippen LogP contribution in [0.3, 0.4) is 0 Å². The summed E-state index contributed by atoms with van der Waals surface area (Å²) >= 11 is 17.9. The van der Waals surface area contributed by atoms with Crippen LogP contribution < -0.4 is 5.32 Å². The number of rotatable bonds is 1. The monoisotopic (exact) mass is 249 g/mol. The molecule has 1 fully saturated rings. The van der Waals surface area contributed by atoms with Gasteiger partial charge in [0.05, 0.1) is 15.1 Å². The van der Waals surface area contributed by atoms with Gasteiger partial charge in [-0.25, -0.2) is 0 Å².